The van der Waals surface area contributed by atoms with Crippen molar-refractivity contribution in [3.05, 3.63) is 42.5 Å². The second kappa shape index (κ2) is 13.8. The Hall–Kier alpha value is -1.85. The maximum Gasteiger partial charge on any atom is 0.333 e. The van der Waals surface area contributed by atoms with Gasteiger partial charge in [0.2, 0.25) is 0 Å². The number of aliphatic hydroxyl groups is 2. The van der Waals surface area contributed by atoms with Gasteiger partial charge >= 0.3 is 5.97 Å². The summed E-state index contributed by atoms with van der Waals surface area (Å²) in [5.74, 6) is 0.385. The molecule has 23 heavy (non-hydrogen) atoms. The lowest BCUT2D eigenvalue weighted by molar-refractivity contribution is -0.139. The van der Waals surface area contributed by atoms with Crippen LogP contribution < -0.4 is 4.74 Å². The molecule has 0 fully saturated rings. The van der Waals surface area contributed by atoms with Crippen molar-refractivity contribution in [1.29, 1.82) is 0 Å². The van der Waals surface area contributed by atoms with Gasteiger partial charge in [0, 0.05) is 5.57 Å². The molecule has 0 aliphatic carbocycles. The first-order chi connectivity index (χ1) is 11.0. The Morgan fingerprint density at radius 1 is 1.17 bits per heavy atom. The molecule has 0 aliphatic rings. The van der Waals surface area contributed by atoms with E-state index in [0.717, 1.165) is 25.0 Å². The van der Waals surface area contributed by atoms with Gasteiger partial charge in [-0.3, -0.25) is 0 Å². The monoisotopic (exact) mass is 324 g/mol. The molecular weight excluding hydrogens is 296 g/mol. The quantitative estimate of drug-likeness (QED) is 0.316. The summed E-state index contributed by atoms with van der Waals surface area (Å²) < 4.78 is 10.2. The van der Waals surface area contributed by atoms with E-state index in [1.165, 1.54) is 0 Å². The first-order valence-electron chi connectivity index (χ1n) is 7.84. The van der Waals surface area contributed by atoms with Crippen LogP contribution in [0.15, 0.2) is 42.5 Å². The summed E-state index contributed by atoms with van der Waals surface area (Å²) in [6.45, 7) is 7.76. The highest BCUT2D eigenvalue weighted by molar-refractivity contribution is 5.86. The van der Waals surface area contributed by atoms with E-state index >= 15 is 0 Å². The normalized spacial score (nSPS) is 9.78. The van der Waals surface area contributed by atoms with Gasteiger partial charge in [-0.1, -0.05) is 44.5 Å². The van der Waals surface area contributed by atoms with Gasteiger partial charge in [-0.2, -0.15) is 0 Å². The van der Waals surface area contributed by atoms with Crippen LogP contribution in [-0.4, -0.2) is 35.7 Å². The van der Waals surface area contributed by atoms with Crippen LogP contribution in [0.5, 0.6) is 5.75 Å². The minimum Gasteiger partial charge on any atom is -0.490 e. The fourth-order valence-corrected chi connectivity index (χ4v) is 1.51. The predicted octanol–water partition coefficient (Wildman–Crippen LogP) is 3.06. The zero-order valence-electron chi connectivity index (χ0n) is 14.0. The Morgan fingerprint density at radius 3 is 2.35 bits per heavy atom. The number of unbranched alkanes of at least 4 members (excludes halogenated alkanes) is 2. The van der Waals surface area contributed by atoms with Crippen molar-refractivity contribution >= 4 is 5.97 Å². The number of benzene rings is 1. The lowest BCUT2D eigenvalue weighted by Gasteiger charge is -2.06. The second-order valence-electron chi connectivity index (χ2n) is 5.05. The van der Waals surface area contributed by atoms with Crippen LogP contribution in [0.25, 0.3) is 0 Å². The number of carbonyl (C=O) groups is 1. The van der Waals surface area contributed by atoms with E-state index in [1.54, 1.807) is 6.92 Å². The van der Waals surface area contributed by atoms with Gasteiger partial charge < -0.3 is 19.7 Å². The topological polar surface area (TPSA) is 76.0 Å². The van der Waals surface area contributed by atoms with Crippen LogP contribution >= 0.6 is 0 Å². The molecule has 0 bridgehead atoms. The van der Waals surface area contributed by atoms with E-state index in [2.05, 4.69) is 13.5 Å². The number of aliphatic hydroxyl groups excluding tert-OH is 1. The molecule has 5 heteroatoms. The highest BCUT2D eigenvalue weighted by atomic mass is 16.6. The van der Waals surface area contributed by atoms with Crippen LogP contribution in [0.4, 0.5) is 0 Å². The molecule has 1 rings (SSSR count). The summed E-state index contributed by atoms with van der Waals surface area (Å²) in [6.07, 6.45) is 2.58. The number of carbonyl (C=O) groups excluding carboxylic acids is 1. The number of para-hydroxylation sites is 1. The van der Waals surface area contributed by atoms with Gasteiger partial charge in [-0.05, 0) is 31.9 Å². The van der Waals surface area contributed by atoms with E-state index in [-0.39, 0.29) is 12.6 Å². The lowest BCUT2D eigenvalue weighted by atomic mass is 10.2. The van der Waals surface area contributed by atoms with Crippen LogP contribution in [0.3, 0.4) is 0 Å². The number of hydrogen-bond donors (Lipinski definition) is 2. The Kier molecular flexibility index (Phi) is 12.7. The molecule has 0 amide bonds. The minimum absolute atomic E-state index is 0.237. The Labute approximate surface area is 138 Å². The third-order valence-electron chi connectivity index (χ3n) is 2.74. The predicted molar refractivity (Wildman–Crippen MR) is 90.1 cm³/mol. The summed E-state index contributed by atoms with van der Waals surface area (Å²) in [7, 11) is 0. The molecule has 0 spiro atoms. The molecule has 0 heterocycles. The average Bonchev–Trinajstić information content (AvgIpc) is 2.53. The molecular formula is C18H28O5. The van der Waals surface area contributed by atoms with Crippen molar-refractivity contribution in [3.63, 3.8) is 0 Å². The van der Waals surface area contributed by atoms with Gasteiger partial charge in [0.05, 0.1) is 0 Å². The molecule has 2 N–H and O–H groups in total. The fourth-order valence-electron chi connectivity index (χ4n) is 1.51. The highest BCUT2D eigenvalue weighted by Crippen LogP contribution is 2.07. The second-order valence-corrected chi connectivity index (χ2v) is 5.05. The average molecular weight is 324 g/mol. The largest absolute Gasteiger partial charge is 0.490 e. The van der Waals surface area contributed by atoms with Gasteiger partial charge in [0.1, 0.15) is 19.0 Å². The zero-order valence-corrected chi connectivity index (χ0v) is 14.0. The first kappa shape index (κ1) is 21.1. The number of rotatable bonds is 9. The first-order valence-corrected chi connectivity index (χ1v) is 7.84. The Bertz CT molecular complexity index is 428. The lowest BCUT2D eigenvalue weighted by Crippen LogP contribution is -2.12. The summed E-state index contributed by atoms with van der Waals surface area (Å²) in [6, 6.07) is 9.37. The molecule has 0 radical (unpaired) electrons. The molecule has 5 nitrogen and oxygen atoms in total. The summed E-state index contributed by atoms with van der Waals surface area (Å²) in [5, 5.41) is 16.7. The molecule has 0 unspecified atom stereocenters. The van der Waals surface area contributed by atoms with E-state index in [1.807, 2.05) is 30.3 Å². The summed E-state index contributed by atoms with van der Waals surface area (Å²) in [5.41, 5.74) is 0.398. The molecule has 130 valence electrons. The molecule has 0 saturated heterocycles. The van der Waals surface area contributed by atoms with E-state index in [4.69, 9.17) is 19.7 Å². The van der Waals surface area contributed by atoms with Crippen molar-refractivity contribution in [2.45, 2.75) is 45.8 Å². The number of hydrogen-bond acceptors (Lipinski definition) is 5. The van der Waals surface area contributed by atoms with Crippen molar-refractivity contribution in [2.75, 3.05) is 13.2 Å². The molecule has 0 atom stereocenters. The number of esters is 1. The van der Waals surface area contributed by atoms with Gasteiger partial charge in [0.25, 0.3) is 0 Å². The molecule has 1 aromatic rings. The van der Waals surface area contributed by atoms with Crippen molar-refractivity contribution in [3.8, 4) is 5.75 Å². The third kappa shape index (κ3) is 13.5. The van der Waals surface area contributed by atoms with Crippen LogP contribution in [0.1, 0.15) is 39.5 Å². The third-order valence-corrected chi connectivity index (χ3v) is 2.74. The Morgan fingerprint density at radius 2 is 1.83 bits per heavy atom. The SMILES string of the molecule is C=C(C)C(=O)OCCOc1ccccc1.CCCCCC(O)O. The summed E-state index contributed by atoms with van der Waals surface area (Å²) >= 11 is 0. The molecule has 0 aliphatic heterocycles. The standard InChI is InChI=1S/C12H14O3.C6H14O2/c1-10(2)12(13)15-9-8-14-11-6-4-3-5-7-11;1-2-3-4-5-6(7)8/h3-7H,1,8-9H2,2H3;6-8H,2-5H2,1H3. The van der Waals surface area contributed by atoms with E-state index in [9.17, 15) is 4.79 Å². The van der Waals surface area contributed by atoms with E-state index < -0.39 is 6.29 Å². The maximum atomic E-state index is 11.0. The van der Waals surface area contributed by atoms with Crippen molar-refractivity contribution < 1.29 is 24.5 Å². The highest BCUT2D eigenvalue weighted by Gasteiger charge is 2.02. The van der Waals surface area contributed by atoms with Gasteiger partial charge in [-0.15, -0.1) is 0 Å². The summed E-state index contributed by atoms with van der Waals surface area (Å²) in [4.78, 5) is 11.0. The molecule has 0 saturated carbocycles. The Balaban J connectivity index is 0.000000515. The number of ether oxygens (including phenoxy) is 2. The van der Waals surface area contributed by atoms with E-state index in [0.29, 0.717) is 18.6 Å². The van der Waals surface area contributed by atoms with Crippen LogP contribution in [0.2, 0.25) is 0 Å². The van der Waals surface area contributed by atoms with Gasteiger partial charge in [0.15, 0.2) is 6.29 Å². The van der Waals surface area contributed by atoms with Crippen LogP contribution in [-0.2, 0) is 9.53 Å². The molecule has 0 aromatic heterocycles. The molecule has 1 aromatic carbocycles. The van der Waals surface area contributed by atoms with Crippen LogP contribution in [0, 0.1) is 0 Å². The maximum absolute atomic E-state index is 11.0. The fraction of sp³-hybridized carbons (Fsp3) is 0.500. The minimum atomic E-state index is -1.10. The smallest absolute Gasteiger partial charge is 0.333 e. The zero-order chi connectivity index (χ0) is 17.5. The van der Waals surface area contributed by atoms with Crippen molar-refractivity contribution in [1.82, 2.24) is 0 Å². The van der Waals surface area contributed by atoms with Crippen molar-refractivity contribution in [2.24, 2.45) is 0 Å². The van der Waals surface area contributed by atoms with Gasteiger partial charge in [-0.25, -0.2) is 4.79 Å².